The number of carbonyl (C=O) groups is 1. The van der Waals surface area contributed by atoms with E-state index in [0.29, 0.717) is 5.56 Å². The van der Waals surface area contributed by atoms with Gasteiger partial charge in [0.1, 0.15) is 11.6 Å². The van der Waals surface area contributed by atoms with Crippen LogP contribution in [0.3, 0.4) is 0 Å². The second-order valence-corrected chi connectivity index (χ2v) is 4.26. The minimum atomic E-state index is -0.599. The van der Waals surface area contributed by atoms with Crippen LogP contribution in [-0.4, -0.2) is 30.8 Å². The van der Waals surface area contributed by atoms with E-state index in [2.05, 4.69) is 0 Å². The average Bonchev–Trinajstić information content (AvgIpc) is 2.70. The predicted molar refractivity (Wildman–Crippen MR) is 62.2 cm³/mol. The minimum absolute atomic E-state index is 0.0245. The fourth-order valence-corrected chi connectivity index (χ4v) is 2.15. The van der Waals surface area contributed by atoms with Crippen LogP contribution in [0.4, 0.5) is 8.78 Å². The summed E-state index contributed by atoms with van der Waals surface area (Å²) in [6, 6.07) is 2.55. The van der Waals surface area contributed by atoms with Crippen LogP contribution in [-0.2, 0) is 19.2 Å². The van der Waals surface area contributed by atoms with Crippen LogP contribution in [0.15, 0.2) is 12.1 Å². The SMILES string of the molecule is CON1C[C@@H](c2c(F)cc(C)cc2F)CC1=O.O=C=O. The van der Waals surface area contributed by atoms with Crippen LogP contribution in [0, 0.1) is 18.6 Å². The van der Waals surface area contributed by atoms with Crippen molar-refractivity contribution < 1.29 is 28.0 Å². The third-order valence-corrected chi connectivity index (χ3v) is 2.94. The maximum Gasteiger partial charge on any atom is 0.373 e. The number of nitrogens with zero attached hydrogens (tertiary/aromatic N) is 1. The van der Waals surface area contributed by atoms with E-state index in [9.17, 15) is 13.6 Å². The molecule has 1 amide bonds. The zero-order chi connectivity index (χ0) is 15.3. The van der Waals surface area contributed by atoms with Crippen LogP contribution in [0.1, 0.15) is 23.5 Å². The Bertz CT molecular complexity index is 518. The lowest BCUT2D eigenvalue weighted by Crippen LogP contribution is -2.23. The molecule has 108 valence electrons. The third kappa shape index (κ3) is 3.46. The summed E-state index contributed by atoms with van der Waals surface area (Å²) in [5.41, 5.74) is 0.500. The largest absolute Gasteiger partial charge is 0.373 e. The Labute approximate surface area is 114 Å². The quantitative estimate of drug-likeness (QED) is 0.827. The summed E-state index contributed by atoms with van der Waals surface area (Å²) in [6.07, 6.45) is 0.324. The van der Waals surface area contributed by atoms with Gasteiger partial charge in [0.25, 0.3) is 0 Å². The molecule has 0 N–H and O–H groups in total. The maximum atomic E-state index is 13.7. The Kier molecular flexibility index (Phi) is 5.49. The monoisotopic (exact) mass is 285 g/mol. The molecular formula is C13H13F2NO4. The second-order valence-electron chi connectivity index (χ2n) is 4.26. The van der Waals surface area contributed by atoms with Crippen molar-refractivity contribution in [1.29, 1.82) is 0 Å². The maximum absolute atomic E-state index is 13.7. The smallest absolute Gasteiger partial charge is 0.274 e. The van der Waals surface area contributed by atoms with Crippen molar-refractivity contribution in [2.24, 2.45) is 0 Å². The van der Waals surface area contributed by atoms with Gasteiger partial charge in [0.05, 0.1) is 13.7 Å². The molecule has 1 fully saturated rings. The number of rotatable bonds is 2. The van der Waals surface area contributed by atoms with Crippen molar-refractivity contribution in [1.82, 2.24) is 5.06 Å². The normalized spacial score (nSPS) is 17.5. The van der Waals surface area contributed by atoms with Gasteiger partial charge < -0.3 is 0 Å². The van der Waals surface area contributed by atoms with Crippen molar-refractivity contribution in [2.75, 3.05) is 13.7 Å². The zero-order valence-electron chi connectivity index (χ0n) is 11.0. The molecule has 0 bridgehead atoms. The van der Waals surface area contributed by atoms with Gasteiger partial charge in [-0.05, 0) is 24.6 Å². The van der Waals surface area contributed by atoms with E-state index < -0.39 is 17.6 Å². The summed E-state index contributed by atoms with van der Waals surface area (Å²) in [5, 5.41) is 1.13. The Hall–Kier alpha value is -2.11. The first kappa shape index (κ1) is 15.9. The molecule has 1 atom stereocenters. The van der Waals surface area contributed by atoms with Crippen LogP contribution in [0.25, 0.3) is 0 Å². The van der Waals surface area contributed by atoms with Gasteiger partial charge in [-0.2, -0.15) is 9.59 Å². The molecule has 0 aliphatic carbocycles. The van der Waals surface area contributed by atoms with Gasteiger partial charge >= 0.3 is 6.15 Å². The van der Waals surface area contributed by atoms with E-state index in [0.717, 1.165) is 5.06 Å². The lowest BCUT2D eigenvalue weighted by atomic mass is 9.96. The molecule has 1 aliphatic heterocycles. The molecule has 2 rings (SSSR count). The first-order valence-electron chi connectivity index (χ1n) is 5.73. The zero-order valence-corrected chi connectivity index (χ0v) is 11.0. The minimum Gasteiger partial charge on any atom is -0.274 e. The van der Waals surface area contributed by atoms with Crippen molar-refractivity contribution in [2.45, 2.75) is 19.3 Å². The topological polar surface area (TPSA) is 63.7 Å². The van der Waals surface area contributed by atoms with E-state index in [1.54, 1.807) is 6.92 Å². The molecule has 1 aromatic carbocycles. The fraction of sp³-hybridized carbons (Fsp3) is 0.385. The Morgan fingerprint density at radius 3 is 2.20 bits per heavy atom. The molecule has 0 saturated carbocycles. The number of aryl methyl sites for hydroxylation is 1. The van der Waals surface area contributed by atoms with Crippen LogP contribution in [0.5, 0.6) is 0 Å². The van der Waals surface area contributed by atoms with Crippen molar-refractivity contribution >= 4 is 12.1 Å². The number of hydrogen-bond acceptors (Lipinski definition) is 4. The van der Waals surface area contributed by atoms with E-state index >= 15 is 0 Å². The van der Waals surface area contributed by atoms with Gasteiger partial charge in [-0.15, -0.1) is 0 Å². The molecule has 0 radical (unpaired) electrons. The number of carbonyl (C=O) groups excluding carboxylic acids is 3. The van der Waals surface area contributed by atoms with E-state index in [4.69, 9.17) is 14.4 Å². The molecule has 1 aliphatic rings. The van der Waals surface area contributed by atoms with Crippen LogP contribution in [0.2, 0.25) is 0 Å². The lowest BCUT2D eigenvalue weighted by molar-refractivity contribution is -0.191. The van der Waals surface area contributed by atoms with Crippen molar-refractivity contribution in [3.63, 3.8) is 0 Å². The lowest BCUT2D eigenvalue weighted by Gasteiger charge is -2.14. The number of hydroxylamine groups is 2. The Morgan fingerprint density at radius 1 is 1.30 bits per heavy atom. The van der Waals surface area contributed by atoms with Gasteiger partial charge in [0.2, 0.25) is 5.91 Å². The third-order valence-electron chi connectivity index (χ3n) is 2.94. The summed E-state index contributed by atoms with van der Waals surface area (Å²) >= 11 is 0. The standard InChI is InChI=1S/C12H13F2NO2.CO2/c1-7-3-9(13)12(10(14)4-7)8-5-11(16)15(6-8)17-2;2-1-3/h3-4,8H,5-6H2,1-2H3;/t8-;/m0./s1. The van der Waals surface area contributed by atoms with Crippen LogP contribution < -0.4 is 0 Å². The average molecular weight is 285 g/mol. The van der Waals surface area contributed by atoms with Crippen LogP contribution >= 0.6 is 0 Å². The molecule has 0 aromatic heterocycles. The summed E-state index contributed by atoms with van der Waals surface area (Å²) in [4.78, 5) is 32.5. The summed E-state index contributed by atoms with van der Waals surface area (Å²) in [7, 11) is 1.36. The van der Waals surface area contributed by atoms with E-state index in [1.807, 2.05) is 0 Å². The number of halogens is 2. The summed E-state index contributed by atoms with van der Waals surface area (Å²) < 4.78 is 27.4. The highest BCUT2D eigenvalue weighted by molar-refractivity contribution is 5.78. The number of amides is 1. The molecule has 20 heavy (non-hydrogen) atoms. The first-order chi connectivity index (χ1) is 9.44. The van der Waals surface area contributed by atoms with E-state index in [-0.39, 0.29) is 30.6 Å². The van der Waals surface area contributed by atoms with Gasteiger partial charge in [-0.1, -0.05) is 0 Å². The number of hydrogen-bond donors (Lipinski definition) is 0. The highest BCUT2D eigenvalue weighted by atomic mass is 19.1. The fourth-order valence-electron chi connectivity index (χ4n) is 2.15. The predicted octanol–water partition coefficient (Wildman–Crippen LogP) is 1.57. The van der Waals surface area contributed by atoms with Gasteiger partial charge in [0, 0.05) is 17.9 Å². The molecule has 1 aromatic rings. The summed E-state index contributed by atoms with van der Waals surface area (Å²) in [5.74, 6) is -1.93. The first-order valence-corrected chi connectivity index (χ1v) is 5.73. The molecule has 0 spiro atoms. The van der Waals surface area contributed by atoms with Gasteiger partial charge in [0.15, 0.2) is 0 Å². The van der Waals surface area contributed by atoms with E-state index in [1.165, 1.54) is 19.2 Å². The second kappa shape index (κ2) is 6.88. The van der Waals surface area contributed by atoms with Gasteiger partial charge in [-0.25, -0.2) is 13.8 Å². The molecule has 7 heteroatoms. The highest BCUT2D eigenvalue weighted by Gasteiger charge is 2.34. The molecule has 1 saturated heterocycles. The highest BCUT2D eigenvalue weighted by Crippen LogP contribution is 2.32. The summed E-state index contributed by atoms with van der Waals surface area (Å²) in [6.45, 7) is 1.81. The molecule has 5 nitrogen and oxygen atoms in total. The molecule has 1 heterocycles. The molecular weight excluding hydrogens is 272 g/mol. The Balaban J connectivity index is 0.000000612. The molecule has 0 unspecified atom stereocenters. The van der Waals surface area contributed by atoms with Crippen molar-refractivity contribution in [3.8, 4) is 0 Å². The number of benzene rings is 1. The Morgan fingerprint density at radius 2 is 1.80 bits per heavy atom. The van der Waals surface area contributed by atoms with Gasteiger partial charge in [-0.3, -0.25) is 9.63 Å². The van der Waals surface area contributed by atoms with Crippen molar-refractivity contribution in [3.05, 3.63) is 34.9 Å².